The van der Waals surface area contributed by atoms with Gasteiger partial charge in [0.2, 0.25) is 0 Å². The Morgan fingerprint density at radius 3 is 2.89 bits per heavy atom. The Labute approximate surface area is 166 Å². The first-order valence-corrected chi connectivity index (χ1v) is 8.78. The number of hydrogen-bond donors (Lipinski definition) is 2. The number of amides is 1. The van der Waals surface area contributed by atoms with Crippen LogP contribution in [0, 0.1) is 6.92 Å². The second kappa shape index (κ2) is 8.70. The number of halogens is 2. The quantitative estimate of drug-likeness (QED) is 0.478. The van der Waals surface area contributed by atoms with Gasteiger partial charge in [-0.15, -0.1) is 0 Å². The lowest BCUT2D eigenvalue weighted by molar-refractivity contribution is -0.123. The van der Waals surface area contributed by atoms with Crippen LogP contribution in [0.3, 0.4) is 0 Å². The number of hydrazone groups is 1. The van der Waals surface area contributed by atoms with Gasteiger partial charge in [0.15, 0.2) is 6.61 Å². The van der Waals surface area contributed by atoms with Crippen molar-refractivity contribution in [2.24, 2.45) is 5.10 Å². The van der Waals surface area contributed by atoms with Crippen molar-refractivity contribution in [3.63, 3.8) is 0 Å². The number of nitrogens with one attached hydrogen (secondary N) is 2. The fraction of sp³-hybridized carbons (Fsp3) is 0.105. The topological polar surface area (TPSA) is 79.4 Å². The fourth-order valence-corrected chi connectivity index (χ4v) is 2.63. The molecule has 138 valence electrons. The number of aromatic nitrogens is 2. The molecule has 1 aromatic heterocycles. The zero-order chi connectivity index (χ0) is 19.2. The minimum absolute atomic E-state index is 0.133. The number of aromatic amines is 1. The lowest BCUT2D eigenvalue weighted by Crippen LogP contribution is -2.24. The SMILES string of the molecule is Cc1cccc(OCC(=O)N/N=C/c2cn[nH]c2-c2ccc(Cl)c(Cl)c2)c1. The summed E-state index contributed by atoms with van der Waals surface area (Å²) in [5.41, 5.74) is 5.68. The Hall–Kier alpha value is -2.83. The normalized spacial score (nSPS) is 10.9. The lowest BCUT2D eigenvalue weighted by atomic mass is 10.1. The van der Waals surface area contributed by atoms with Crippen LogP contribution in [0.2, 0.25) is 10.0 Å². The summed E-state index contributed by atoms with van der Waals surface area (Å²) in [6.07, 6.45) is 3.09. The van der Waals surface area contributed by atoms with Crippen molar-refractivity contribution in [1.29, 1.82) is 0 Å². The Morgan fingerprint density at radius 2 is 2.11 bits per heavy atom. The maximum Gasteiger partial charge on any atom is 0.277 e. The number of aryl methyl sites for hydroxylation is 1. The molecular weight excluding hydrogens is 387 g/mol. The average molecular weight is 403 g/mol. The van der Waals surface area contributed by atoms with Crippen molar-refractivity contribution in [1.82, 2.24) is 15.6 Å². The molecule has 0 bridgehead atoms. The molecule has 6 nitrogen and oxygen atoms in total. The molecule has 27 heavy (non-hydrogen) atoms. The van der Waals surface area contributed by atoms with Gasteiger partial charge in [0.1, 0.15) is 5.75 Å². The zero-order valence-electron chi connectivity index (χ0n) is 14.4. The van der Waals surface area contributed by atoms with Crippen LogP contribution in [0.5, 0.6) is 5.75 Å². The molecule has 3 aromatic rings. The molecule has 0 saturated carbocycles. The minimum Gasteiger partial charge on any atom is -0.484 e. The van der Waals surface area contributed by atoms with E-state index in [4.69, 9.17) is 27.9 Å². The first-order chi connectivity index (χ1) is 13.0. The van der Waals surface area contributed by atoms with Crippen molar-refractivity contribution in [3.8, 4) is 17.0 Å². The number of benzene rings is 2. The van der Waals surface area contributed by atoms with Crippen LogP contribution in [-0.4, -0.2) is 28.9 Å². The van der Waals surface area contributed by atoms with Crippen LogP contribution in [0.4, 0.5) is 0 Å². The van der Waals surface area contributed by atoms with Gasteiger partial charge in [-0.25, -0.2) is 5.43 Å². The number of H-pyrrole nitrogens is 1. The maximum absolute atomic E-state index is 11.9. The highest BCUT2D eigenvalue weighted by molar-refractivity contribution is 6.42. The molecule has 0 saturated heterocycles. The molecule has 2 aromatic carbocycles. The van der Waals surface area contributed by atoms with Crippen molar-refractivity contribution in [3.05, 3.63) is 69.8 Å². The van der Waals surface area contributed by atoms with Gasteiger partial charge in [0.05, 0.1) is 28.2 Å². The summed E-state index contributed by atoms with van der Waals surface area (Å²) in [4.78, 5) is 11.9. The summed E-state index contributed by atoms with van der Waals surface area (Å²) in [6.45, 7) is 1.82. The molecule has 0 aliphatic carbocycles. The average Bonchev–Trinajstić information content (AvgIpc) is 3.11. The van der Waals surface area contributed by atoms with Crippen molar-refractivity contribution < 1.29 is 9.53 Å². The van der Waals surface area contributed by atoms with Crippen LogP contribution < -0.4 is 10.2 Å². The summed E-state index contributed by atoms with van der Waals surface area (Å²) < 4.78 is 5.42. The van der Waals surface area contributed by atoms with E-state index in [2.05, 4.69) is 20.7 Å². The highest BCUT2D eigenvalue weighted by Gasteiger charge is 2.08. The molecule has 0 fully saturated rings. The third kappa shape index (κ3) is 5.09. The molecule has 2 N–H and O–H groups in total. The molecule has 0 aliphatic rings. The largest absolute Gasteiger partial charge is 0.484 e. The third-order valence-electron chi connectivity index (χ3n) is 3.63. The van der Waals surface area contributed by atoms with Gasteiger partial charge >= 0.3 is 0 Å². The van der Waals surface area contributed by atoms with Gasteiger partial charge in [-0.05, 0) is 36.8 Å². The number of hydrogen-bond acceptors (Lipinski definition) is 4. The fourth-order valence-electron chi connectivity index (χ4n) is 2.34. The van der Waals surface area contributed by atoms with Gasteiger partial charge < -0.3 is 4.74 Å². The van der Waals surface area contributed by atoms with E-state index in [0.29, 0.717) is 27.1 Å². The Balaban J connectivity index is 1.59. The monoisotopic (exact) mass is 402 g/mol. The molecule has 0 unspecified atom stereocenters. The first kappa shape index (κ1) is 18.9. The van der Waals surface area contributed by atoms with Crippen molar-refractivity contribution in [2.45, 2.75) is 6.92 Å². The number of carbonyl (C=O) groups is 1. The Bertz CT molecular complexity index is 985. The number of carbonyl (C=O) groups excluding carboxylic acids is 1. The highest BCUT2D eigenvalue weighted by Crippen LogP contribution is 2.28. The van der Waals surface area contributed by atoms with E-state index >= 15 is 0 Å². The van der Waals surface area contributed by atoms with Crippen molar-refractivity contribution >= 4 is 35.3 Å². The van der Waals surface area contributed by atoms with E-state index in [0.717, 1.165) is 11.1 Å². The van der Waals surface area contributed by atoms with E-state index in [-0.39, 0.29) is 12.5 Å². The second-order valence-electron chi connectivity index (χ2n) is 5.73. The van der Waals surface area contributed by atoms with E-state index in [9.17, 15) is 4.79 Å². The van der Waals surface area contributed by atoms with Gasteiger partial charge in [0, 0.05) is 11.1 Å². The summed E-state index contributed by atoms with van der Waals surface area (Å²) in [7, 11) is 0. The van der Waals surface area contributed by atoms with Crippen molar-refractivity contribution in [2.75, 3.05) is 6.61 Å². The molecule has 1 amide bonds. The van der Waals surface area contributed by atoms with Crippen LogP contribution in [0.15, 0.2) is 53.8 Å². The second-order valence-corrected chi connectivity index (χ2v) is 6.54. The number of nitrogens with zero attached hydrogens (tertiary/aromatic N) is 2. The number of ether oxygens (including phenoxy) is 1. The predicted molar refractivity (Wildman–Crippen MR) is 106 cm³/mol. The molecule has 0 radical (unpaired) electrons. The zero-order valence-corrected chi connectivity index (χ0v) is 15.9. The number of rotatable bonds is 6. The molecule has 3 rings (SSSR count). The molecule has 0 atom stereocenters. The standard InChI is InChI=1S/C19H16Cl2N4O2/c1-12-3-2-4-15(7-12)27-11-18(26)24-22-9-14-10-23-25-19(14)13-5-6-16(20)17(21)8-13/h2-10H,11H2,1H3,(H,23,25)(H,24,26)/b22-9+. The summed E-state index contributed by atoms with van der Waals surface area (Å²) >= 11 is 12.0. The smallest absolute Gasteiger partial charge is 0.277 e. The third-order valence-corrected chi connectivity index (χ3v) is 4.37. The Morgan fingerprint density at radius 1 is 1.26 bits per heavy atom. The molecule has 1 heterocycles. The van der Waals surface area contributed by atoms with Crippen LogP contribution in [0.1, 0.15) is 11.1 Å². The van der Waals surface area contributed by atoms with Crippen LogP contribution in [-0.2, 0) is 4.79 Å². The highest BCUT2D eigenvalue weighted by atomic mass is 35.5. The first-order valence-electron chi connectivity index (χ1n) is 8.03. The summed E-state index contributed by atoms with van der Waals surface area (Å²) in [5.74, 6) is 0.262. The molecule has 0 spiro atoms. The predicted octanol–water partition coefficient (Wildman–Crippen LogP) is 4.22. The van der Waals surface area contributed by atoms with Crippen LogP contribution >= 0.6 is 23.2 Å². The van der Waals surface area contributed by atoms with E-state index < -0.39 is 0 Å². The molecule has 8 heteroatoms. The summed E-state index contributed by atoms with van der Waals surface area (Å²) in [6, 6.07) is 12.7. The van der Waals surface area contributed by atoms with Gasteiger partial charge in [-0.1, -0.05) is 41.4 Å². The van der Waals surface area contributed by atoms with E-state index in [1.807, 2.05) is 31.2 Å². The van der Waals surface area contributed by atoms with Gasteiger partial charge in [-0.3, -0.25) is 9.89 Å². The Kier molecular flexibility index (Phi) is 6.11. The summed E-state index contributed by atoms with van der Waals surface area (Å²) in [5, 5.41) is 11.7. The van der Waals surface area contributed by atoms with E-state index in [1.165, 1.54) is 6.21 Å². The lowest BCUT2D eigenvalue weighted by Gasteiger charge is -2.05. The molecule has 0 aliphatic heterocycles. The van der Waals surface area contributed by atoms with Gasteiger partial charge in [0.25, 0.3) is 5.91 Å². The van der Waals surface area contributed by atoms with E-state index in [1.54, 1.807) is 24.4 Å². The van der Waals surface area contributed by atoms with Crippen LogP contribution in [0.25, 0.3) is 11.3 Å². The molecular formula is C19H16Cl2N4O2. The van der Waals surface area contributed by atoms with Gasteiger partial charge in [-0.2, -0.15) is 10.2 Å². The maximum atomic E-state index is 11.9. The minimum atomic E-state index is -0.368.